The minimum Gasteiger partial charge on any atom is -0.494 e. The molecule has 0 bridgehead atoms. The van der Waals surface area contributed by atoms with Crippen LogP contribution in [0, 0.1) is 0 Å². The summed E-state index contributed by atoms with van der Waals surface area (Å²) in [5.74, 6) is 1.42. The Morgan fingerprint density at radius 2 is 0.974 bits per heavy atom. The van der Waals surface area contributed by atoms with Crippen molar-refractivity contribution in [2.24, 2.45) is 10.2 Å². The highest BCUT2D eigenvalue weighted by atomic mass is 16.6. The van der Waals surface area contributed by atoms with Gasteiger partial charge in [0.15, 0.2) is 0 Å². The highest BCUT2D eigenvalue weighted by molar-refractivity contribution is 5.67. The van der Waals surface area contributed by atoms with Gasteiger partial charge in [0.2, 0.25) is 0 Å². The molecule has 0 heterocycles. The summed E-state index contributed by atoms with van der Waals surface area (Å²) in [7, 11) is 0. The van der Waals surface area contributed by atoms with E-state index in [9.17, 15) is 9.59 Å². The highest BCUT2D eigenvalue weighted by Gasteiger charge is 2.16. The molecule has 10 nitrogen and oxygen atoms in total. The zero-order valence-corrected chi connectivity index (χ0v) is 23.2. The van der Waals surface area contributed by atoms with Gasteiger partial charge in [0.25, 0.3) is 0 Å². The van der Waals surface area contributed by atoms with Crippen molar-refractivity contribution in [3.63, 3.8) is 0 Å². The van der Waals surface area contributed by atoms with Crippen LogP contribution in [0.25, 0.3) is 0 Å². The van der Waals surface area contributed by atoms with E-state index >= 15 is 0 Å². The molecule has 0 unspecified atom stereocenters. The van der Waals surface area contributed by atoms with Gasteiger partial charge in [0.05, 0.1) is 24.6 Å². The second-order valence-corrected chi connectivity index (χ2v) is 10.4. The Kier molecular flexibility index (Phi) is 11.8. The maximum absolute atomic E-state index is 11.6. The zero-order chi connectivity index (χ0) is 28.0. The Balaban J connectivity index is 1.64. The van der Waals surface area contributed by atoms with Gasteiger partial charge in [-0.05, 0) is 103 Å². The molecule has 0 aliphatic carbocycles. The Hall–Kier alpha value is -3.82. The normalized spacial score (nSPS) is 11.6. The predicted octanol–water partition coefficient (Wildman–Crippen LogP) is 6.69. The van der Waals surface area contributed by atoms with Crippen molar-refractivity contribution in [3.8, 4) is 11.5 Å². The van der Waals surface area contributed by atoms with E-state index in [4.69, 9.17) is 18.9 Å². The van der Waals surface area contributed by atoms with E-state index in [1.54, 1.807) is 0 Å². The smallest absolute Gasteiger partial charge is 0.407 e. The molecule has 208 valence electrons. The first kappa shape index (κ1) is 30.4. The van der Waals surface area contributed by atoms with E-state index in [2.05, 4.69) is 20.9 Å². The third-order valence-corrected chi connectivity index (χ3v) is 4.47. The zero-order valence-electron chi connectivity index (χ0n) is 23.2. The van der Waals surface area contributed by atoms with Crippen LogP contribution < -0.4 is 20.1 Å². The number of nitrogens with zero attached hydrogens (tertiary/aromatic N) is 2. The predicted molar refractivity (Wildman–Crippen MR) is 146 cm³/mol. The molecule has 2 aromatic rings. The van der Waals surface area contributed by atoms with Gasteiger partial charge in [-0.3, -0.25) is 0 Å². The first-order valence-corrected chi connectivity index (χ1v) is 12.7. The number of carbonyl (C=O) groups is 2. The number of ether oxygens (including phenoxy) is 4. The summed E-state index contributed by atoms with van der Waals surface area (Å²) in [6, 6.07) is 14.6. The maximum Gasteiger partial charge on any atom is 0.407 e. The Labute approximate surface area is 225 Å². The molecule has 0 fully saturated rings. The van der Waals surface area contributed by atoms with Crippen molar-refractivity contribution >= 4 is 23.6 Å². The van der Waals surface area contributed by atoms with Gasteiger partial charge in [0, 0.05) is 13.1 Å². The SMILES string of the molecule is CC(C)(C)OC(=O)NCCCOc1ccc(N=Nc2ccc(OCCCNC(=O)OC(C)(C)C)cc2)cc1. The Bertz CT molecular complexity index is 942. The third-order valence-electron chi connectivity index (χ3n) is 4.47. The van der Waals surface area contributed by atoms with Gasteiger partial charge >= 0.3 is 12.2 Å². The van der Waals surface area contributed by atoms with E-state index in [0.29, 0.717) is 62.0 Å². The molecule has 0 aliphatic rings. The minimum atomic E-state index is -0.512. The largest absolute Gasteiger partial charge is 0.494 e. The third kappa shape index (κ3) is 14.1. The fourth-order valence-corrected chi connectivity index (χ4v) is 2.87. The molecule has 0 radical (unpaired) electrons. The van der Waals surface area contributed by atoms with Crippen LogP contribution in [0.4, 0.5) is 21.0 Å². The van der Waals surface area contributed by atoms with Gasteiger partial charge in [0.1, 0.15) is 22.7 Å². The number of nitrogens with one attached hydrogen (secondary N) is 2. The summed E-state index contributed by atoms with van der Waals surface area (Å²) in [5.41, 5.74) is 0.369. The van der Waals surface area contributed by atoms with Gasteiger partial charge in [-0.25, -0.2) is 9.59 Å². The Morgan fingerprint density at radius 3 is 1.29 bits per heavy atom. The van der Waals surface area contributed by atoms with E-state index in [-0.39, 0.29) is 0 Å². The molecule has 10 heteroatoms. The summed E-state index contributed by atoms with van der Waals surface area (Å²) >= 11 is 0. The van der Waals surface area contributed by atoms with Crippen molar-refractivity contribution in [1.29, 1.82) is 0 Å². The average molecular weight is 529 g/mol. The van der Waals surface area contributed by atoms with Crippen molar-refractivity contribution in [2.45, 2.75) is 65.6 Å². The number of carbonyl (C=O) groups excluding carboxylic acids is 2. The number of alkyl carbamates (subject to hydrolysis) is 2. The number of hydrogen-bond acceptors (Lipinski definition) is 8. The van der Waals surface area contributed by atoms with Crippen molar-refractivity contribution in [2.75, 3.05) is 26.3 Å². The molecule has 2 aromatic carbocycles. The number of rotatable bonds is 12. The molecule has 0 saturated heterocycles. The molecular formula is C28H40N4O6. The first-order valence-electron chi connectivity index (χ1n) is 12.7. The molecule has 0 spiro atoms. The van der Waals surface area contributed by atoms with Crippen molar-refractivity contribution in [1.82, 2.24) is 10.6 Å². The monoisotopic (exact) mass is 528 g/mol. The number of benzene rings is 2. The van der Waals surface area contributed by atoms with Crippen molar-refractivity contribution in [3.05, 3.63) is 48.5 Å². The lowest BCUT2D eigenvalue weighted by molar-refractivity contribution is 0.0513. The van der Waals surface area contributed by atoms with Gasteiger partial charge in [-0.1, -0.05) is 0 Å². The van der Waals surface area contributed by atoms with E-state index in [1.165, 1.54) is 0 Å². The number of amides is 2. The summed E-state index contributed by atoms with van der Waals surface area (Å²) < 4.78 is 21.8. The number of azo groups is 1. The molecular weight excluding hydrogens is 488 g/mol. The average Bonchev–Trinajstić information content (AvgIpc) is 2.81. The van der Waals surface area contributed by atoms with Crippen LogP contribution in [0.5, 0.6) is 11.5 Å². The second kappa shape index (κ2) is 14.8. The van der Waals surface area contributed by atoms with Crippen LogP contribution in [-0.4, -0.2) is 49.7 Å². The minimum absolute atomic E-state index is 0.431. The van der Waals surface area contributed by atoms with Gasteiger partial charge < -0.3 is 29.6 Å². The molecule has 0 saturated carbocycles. The quantitative estimate of drug-likeness (QED) is 0.234. The summed E-state index contributed by atoms with van der Waals surface area (Å²) in [5, 5.41) is 13.9. The highest BCUT2D eigenvalue weighted by Crippen LogP contribution is 2.23. The lowest BCUT2D eigenvalue weighted by atomic mass is 10.2. The summed E-state index contributed by atoms with van der Waals surface area (Å²) in [6.45, 7) is 12.8. The van der Waals surface area contributed by atoms with E-state index in [1.807, 2.05) is 90.1 Å². The van der Waals surface area contributed by atoms with Gasteiger partial charge in [-0.2, -0.15) is 10.2 Å². The van der Waals surface area contributed by atoms with Crippen LogP contribution in [0.15, 0.2) is 58.8 Å². The van der Waals surface area contributed by atoms with Crippen LogP contribution in [-0.2, 0) is 9.47 Å². The fraction of sp³-hybridized carbons (Fsp3) is 0.500. The van der Waals surface area contributed by atoms with Crippen LogP contribution >= 0.6 is 0 Å². The molecule has 2 N–H and O–H groups in total. The summed E-state index contributed by atoms with van der Waals surface area (Å²) in [6.07, 6.45) is 0.449. The standard InChI is InChI=1S/C28H40N4O6/c1-27(2,3)37-25(33)29-17-7-19-35-23-13-9-21(10-14-23)31-32-22-11-15-24(16-12-22)36-20-8-18-30-26(34)38-28(4,5)6/h9-16H,7-8,17-20H2,1-6H3,(H,29,33)(H,30,34). The maximum atomic E-state index is 11.6. The molecule has 2 rings (SSSR count). The van der Waals surface area contributed by atoms with Gasteiger partial charge in [-0.15, -0.1) is 0 Å². The fourth-order valence-electron chi connectivity index (χ4n) is 2.87. The van der Waals surface area contributed by atoms with Crippen molar-refractivity contribution < 1.29 is 28.5 Å². The molecule has 2 amide bonds. The van der Waals surface area contributed by atoms with E-state index < -0.39 is 23.4 Å². The van der Waals surface area contributed by atoms with Crippen LogP contribution in [0.2, 0.25) is 0 Å². The molecule has 38 heavy (non-hydrogen) atoms. The molecule has 0 atom stereocenters. The topological polar surface area (TPSA) is 120 Å². The van der Waals surface area contributed by atoms with Crippen LogP contribution in [0.3, 0.4) is 0 Å². The lowest BCUT2D eigenvalue weighted by Crippen LogP contribution is -2.33. The molecule has 0 aromatic heterocycles. The van der Waals surface area contributed by atoms with E-state index in [0.717, 1.165) is 0 Å². The molecule has 0 aliphatic heterocycles. The second-order valence-electron chi connectivity index (χ2n) is 10.4. The Morgan fingerprint density at radius 1 is 0.632 bits per heavy atom. The lowest BCUT2D eigenvalue weighted by Gasteiger charge is -2.19. The number of hydrogen-bond donors (Lipinski definition) is 2. The first-order chi connectivity index (χ1) is 17.9. The van der Waals surface area contributed by atoms with Crippen LogP contribution in [0.1, 0.15) is 54.4 Å². The summed E-state index contributed by atoms with van der Waals surface area (Å²) in [4.78, 5) is 23.2.